The first kappa shape index (κ1) is 15.0. The van der Waals surface area contributed by atoms with E-state index in [1.54, 1.807) is 21.9 Å². The molecular formula is C16H18N6O. The predicted octanol–water partition coefficient (Wildman–Crippen LogP) is 1.80. The first-order valence-electron chi connectivity index (χ1n) is 7.28. The Bertz CT molecular complexity index is 834. The number of amides is 1. The van der Waals surface area contributed by atoms with Gasteiger partial charge in [-0.25, -0.2) is 0 Å². The molecule has 0 aliphatic heterocycles. The van der Waals surface area contributed by atoms with Crippen LogP contribution >= 0.6 is 0 Å². The second-order valence-corrected chi connectivity index (χ2v) is 5.42. The van der Waals surface area contributed by atoms with E-state index in [-0.39, 0.29) is 5.91 Å². The number of rotatable bonds is 4. The van der Waals surface area contributed by atoms with Crippen LogP contribution in [-0.2, 0) is 18.3 Å². The topological polar surface area (TPSA) is 77.6 Å². The second kappa shape index (κ2) is 6.04. The SMILES string of the molecule is Cc1nn(C)c(C)c1CC(=O)Nc1cccc(-n2cnnc2)c1. The minimum Gasteiger partial charge on any atom is -0.326 e. The van der Waals surface area contributed by atoms with Crippen LogP contribution in [0.1, 0.15) is 17.0 Å². The number of carbonyl (C=O) groups excluding carboxylic acids is 1. The Kier molecular flexibility index (Phi) is 3.92. The lowest BCUT2D eigenvalue weighted by Crippen LogP contribution is -2.15. The third-order valence-electron chi connectivity index (χ3n) is 3.84. The van der Waals surface area contributed by atoms with Crippen LogP contribution in [0.4, 0.5) is 5.69 Å². The fraction of sp³-hybridized carbons (Fsp3) is 0.250. The third kappa shape index (κ3) is 3.13. The zero-order valence-corrected chi connectivity index (χ0v) is 13.3. The molecule has 0 fully saturated rings. The summed E-state index contributed by atoms with van der Waals surface area (Å²) in [4.78, 5) is 12.3. The molecule has 2 aromatic heterocycles. The smallest absolute Gasteiger partial charge is 0.228 e. The van der Waals surface area contributed by atoms with E-state index in [2.05, 4.69) is 20.6 Å². The molecule has 0 atom stereocenters. The van der Waals surface area contributed by atoms with Crippen LogP contribution in [0.2, 0.25) is 0 Å². The molecule has 0 aliphatic carbocycles. The number of aryl methyl sites for hydroxylation is 2. The highest BCUT2D eigenvalue weighted by atomic mass is 16.1. The predicted molar refractivity (Wildman–Crippen MR) is 86.4 cm³/mol. The van der Waals surface area contributed by atoms with Gasteiger partial charge in [-0.15, -0.1) is 10.2 Å². The number of anilines is 1. The van der Waals surface area contributed by atoms with Crippen molar-refractivity contribution in [1.29, 1.82) is 0 Å². The lowest BCUT2D eigenvalue weighted by molar-refractivity contribution is -0.115. The highest BCUT2D eigenvalue weighted by molar-refractivity contribution is 5.92. The average Bonchev–Trinajstić information content (AvgIpc) is 3.13. The maximum Gasteiger partial charge on any atom is 0.228 e. The summed E-state index contributed by atoms with van der Waals surface area (Å²) in [6, 6.07) is 7.54. The van der Waals surface area contributed by atoms with Gasteiger partial charge in [-0.1, -0.05) is 6.07 Å². The van der Waals surface area contributed by atoms with Gasteiger partial charge in [0.2, 0.25) is 5.91 Å². The van der Waals surface area contributed by atoms with E-state index in [4.69, 9.17) is 0 Å². The van der Waals surface area contributed by atoms with Crippen LogP contribution in [0.25, 0.3) is 5.69 Å². The van der Waals surface area contributed by atoms with Crippen molar-refractivity contribution in [2.45, 2.75) is 20.3 Å². The molecule has 0 aliphatic rings. The summed E-state index contributed by atoms with van der Waals surface area (Å²) in [6.45, 7) is 3.89. The van der Waals surface area contributed by atoms with Gasteiger partial charge in [-0.3, -0.25) is 14.0 Å². The number of hydrogen-bond acceptors (Lipinski definition) is 4. The van der Waals surface area contributed by atoms with E-state index in [9.17, 15) is 4.79 Å². The summed E-state index contributed by atoms with van der Waals surface area (Å²) in [5.41, 5.74) is 4.50. The van der Waals surface area contributed by atoms with Crippen LogP contribution < -0.4 is 5.32 Å². The van der Waals surface area contributed by atoms with Gasteiger partial charge in [0.05, 0.1) is 17.8 Å². The molecule has 2 heterocycles. The van der Waals surface area contributed by atoms with Gasteiger partial charge in [-0.05, 0) is 32.0 Å². The van der Waals surface area contributed by atoms with E-state index >= 15 is 0 Å². The van der Waals surface area contributed by atoms with E-state index < -0.39 is 0 Å². The summed E-state index contributed by atoms with van der Waals surface area (Å²) in [7, 11) is 1.88. The molecule has 3 aromatic rings. The lowest BCUT2D eigenvalue weighted by Gasteiger charge is -2.08. The fourth-order valence-electron chi connectivity index (χ4n) is 2.52. The minimum absolute atomic E-state index is 0.0647. The average molecular weight is 310 g/mol. The molecule has 0 radical (unpaired) electrons. The van der Waals surface area contributed by atoms with Gasteiger partial charge in [0.25, 0.3) is 0 Å². The lowest BCUT2D eigenvalue weighted by atomic mass is 10.1. The Hall–Kier alpha value is -2.96. The van der Waals surface area contributed by atoms with Crippen molar-refractivity contribution in [2.75, 3.05) is 5.32 Å². The molecule has 1 aromatic carbocycles. The van der Waals surface area contributed by atoms with Gasteiger partial charge < -0.3 is 5.32 Å². The summed E-state index contributed by atoms with van der Waals surface area (Å²) in [6.07, 6.45) is 3.54. The number of nitrogens with zero attached hydrogens (tertiary/aromatic N) is 5. The normalized spacial score (nSPS) is 10.7. The van der Waals surface area contributed by atoms with Crippen molar-refractivity contribution in [2.24, 2.45) is 7.05 Å². The summed E-state index contributed by atoms with van der Waals surface area (Å²) in [5.74, 6) is -0.0647. The van der Waals surface area contributed by atoms with E-state index in [0.717, 1.165) is 28.3 Å². The summed E-state index contributed by atoms with van der Waals surface area (Å²) in [5, 5.41) is 14.8. The summed E-state index contributed by atoms with van der Waals surface area (Å²) < 4.78 is 3.58. The molecular weight excluding hydrogens is 292 g/mol. The molecule has 1 N–H and O–H groups in total. The highest BCUT2D eigenvalue weighted by Crippen LogP contribution is 2.16. The van der Waals surface area contributed by atoms with Crippen molar-refractivity contribution in [3.63, 3.8) is 0 Å². The van der Waals surface area contributed by atoms with Crippen molar-refractivity contribution in [3.8, 4) is 5.69 Å². The van der Waals surface area contributed by atoms with Gasteiger partial charge in [-0.2, -0.15) is 5.10 Å². The molecule has 1 amide bonds. The Balaban J connectivity index is 1.74. The minimum atomic E-state index is -0.0647. The summed E-state index contributed by atoms with van der Waals surface area (Å²) >= 11 is 0. The Morgan fingerprint density at radius 2 is 1.96 bits per heavy atom. The Labute approximate surface area is 134 Å². The molecule has 7 nitrogen and oxygen atoms in total. The molecule has 0 saturated heterocycles. The molecule has 0 bridgehead atoms. The maximum absolute atomic E-state index is 12.3. The zero-order chi connectivity index (χ0) is 16.4. The largest absolute Gasteiger partial charge is 0.326 e. The number of hydrogen-bond donors (Lipinski definition) is 1. The van der Waals surface area contributed by atoms with E-state index in [1.807, 2.05) is 45.2 Å². The van der Waals surface area contributed by atoms with Crippen molar-refractivity contribution in [1.82, 2.24) is 24.5 Å². The second-order valence-electron chi connectivity index (χ2n) is 5.42. The molecule has 118 valence electrons. The standard InChI is InChI=1S/C16H18N6O/c1-11-15(12(2)21(3)20-11)8-16(23)19-13-5-4-6-14(7-13)22-9-17-18-10-22/h4-7,9-10H,8H2,1-3H3,(H,19,23). The fourth-order valence-corrected chi connectivity index (χ4v) is 2.52. The molecule has 0 saturated carbocycles. The molecule has 23 heavy (non-hydrogen) atoms. The molecule has 3 rings (SSSR count). The molecule has 0 spiro atoms. The van der Waals surface area contributed by atoms with Crippen molar-refractivity contribution < 1.29 is 4.79 Å². The van der Waals surface area contributed by atoms with Gasteiger partial charge in [0.1, 0.15) is 12.7 Å². The number of carbonyl (C=O) groups is 1. The number of benzene rings is 1. The van der Waals surface area contributed by atoms with Crippen LogP contribution in [0.15, 0.2) is 36.9 Å². The van der Waals surface area contributed by atoms with E-state index in [0.29, 0.717) is 6.42 Å². The first-order valence-corrected chi connectivity index (χ1v) is 7.28. The quantitative estimate of drug-likeness (QED) is 0.797. The first-order chi connectivity index (χ1) is 11.0. The zero-order valence-electron chi connectivity index (χ0n) is 13.3. The molecule has 0 unspecified atom stereocenters. The monoisotopic (exact) mass is 310 g/mol. The van der Waals surface area contributed by atoms with Crippen LogP contribution in [0.3, 0.4) is 0 Å². The number of aromatic nitrogens is 5. The van der Waals surface area contributed by atoms with Crippen molar-refractivity contribution >= 4 is 11.6 Å². The Morgan fingerprint density at radius 1 is 1.22 bits per heavy atom. The number of nitrogens with one attached hydrogen (secondary N) is 1. The van der Waals surface area contributed by atoms with Gasteiger partial charge >= 0.3 is 0 Å². The van der Waals surface area contributed by atoms with Gasteiger partial charge in [0, 0.05) is 24.0 Å². The molecule has 7 heteroatoms. The van der Waals surface area contributed by atoms with Crippen molar-refractivity contribution in [3.05, 3.63) is 53.9 Å². The van der Waals surface area contributed by atoms with E-state index in [1.165, 1.54) is 0 Å². The van der Waals surface area contributed by atoms with Crippen LogP contribution in [0, 0.1) is 13.8 Å². The Morgan fingerprint density at radius 3 is 2.61 bits per heavy atom. The maximum atomic E-state index is 12.3. The van der Waals surface area contributed by atoms with Gasteiger partial charge in [0.15, 0.2) is 0 Å². The highest BCUT2D eigenvalue weighted by Gasteiger charge is 2.13. The van der Waals surface area contributed by atoms with Crippen LogP contribution in [0.5, 0.6) is 0 Å². The third-order valence-corrected chi connectivity index (χ3v) is 3.84. The van der Waals surface area contributed by atoms with Crippen LogP contribution in [-0.4, -0.2) is 30.5 Å².